The van der Waals surface area contributed by atoms with E-state index in [9.17, 15) is 19.5 Å². The van der Waals surface area contributed by atoms with Gasteiger partial charge in [0.2, 0.25) is 5.91 Å². The lowest BCUT2D eigenvalue weighted by molar-refractivity contribution is -0.150. The molecule has 2 amide bonds. The number of aliphatic carboxylic acids is 1. The van der Waals surface area contributed by atoms with Crippen LogP contribution >= 0.6 is 47.0 Å². The van der Waals surface area contributed by atoms with Crippen molar-refractivity contribution in [3.63, 3.8) is 0 Å². The minimum atomic E-state index is -1.19. The number of fused-ring (bicyclic) bond motifs is 1. The van der Waals surface area contributed by atoms with E-state index in [1.54, 1.807) is 0 Å². The van der Waals surface area contributed by atoms with Crippen molar-refractivity contribution in [1.29, 1.82) is 10.8 Å². The number of hydrogen-bond donors (Lipinski definition) is 6. The summed E-state index contributed by atoms with van der Waals surface area (Å²) in [6.45, 7) is 0. The molecule has 10 nitrogen and oxygen atoms in total. The average molecular weight is 603 g/mol. The quantitative estimate of drug-likeness (QED) is 0.134. The Morgan fingerprint density at radius 1 is 1.03 bits per heavy atom. The number of nitrogens with zero attached hydrogens (tertiary/aromatic N) is 1. The van der Waals surface area contributed by atoms with Crippen LogP contribution in [0.3, 0.4) is 0 Å². The largest absolute Gasteiger partial charge is 0.477 e. The van der Waals surface area contributed by atoms with Crippen molar-refractivity contribution in [3.05, 3.63) is 75.8 Å². The van der Waals surface area contributed by atoms with E-state index in [1.807, 2.05) is 48.5 Å². The topological polar surface area (TPSA) is 186 Å². The first-order valence-corrected chi connectivity index (χ1v) is 15.5. The number of rotatable bonds is 10. The molecule has 0 spiro atoms. The van der Waals surface area contributed by atoms with Crippen molar-refractivity contribution in [3.8, 4) is 0 Å². The molecular formula is C25H26N6O4S4. The summed E-state index contributed by atoms with van der Waals surface area (Å²) in [5.74, 6) is -0.553. The molecule has 0 aromatic heterocycles. The number of amides is 2. The van der Waals surface area contributed by atoms with Gasteiger partial charge in [0.05, 0.1) is 6.42 Å². The molecule has 39 heavy (non-hydrogen) atoms. The second-order valence-corrected chi connectivity index (χ2v) is 12.8. The molecule has 2 aromatic rings. The van der Waals surface area contributed by atoms with Gasteiger partial charge in [-0.15, -0.1) is 11.8 Å². The zero-order valence-corrected chi connectivity index (χ0v) is 23.8. The first kappa shape index (κ1) is 28.9. The van der Waals surface area contributed by atoms with E-state index in [0.29, 0.717) is 22.2 Å². The molecule has 2 heterocycles. The van der Waals surface area contributed by atoms with Crippen molar-refractivity contribution in [2.75, 3.05) is 5.75 Å². The molecule has 2 aromatic carbocycles. The van der Waals surface area contributed by atoms with Crippen LogP contribution in [0.1, 0.15) is 16.7 Å². The van der Waals surface area contributed by atoms with Crippen LogP contribution in [0.15, 0.2) is 64.0 Å². The third-order valence-corrected chi connectivity index (χ3v) is 10.0. The van der Waals surface area contributed by atoms with Crippen LogP contribution in [0.5, 0.6) is 0 Å². The minimum Gasteiger partial charge on any atom is -0.477 e. The fraction of sp³-hybridized carbons (Fsp3) is 0.240. The zero-order valence-electron chi connectivity index (χ0n) is 20.5. The summed E-state index contributed by atoms with van der Waals surface area (Å²) in [5.41, 5.74) is 13.4. The molecule has 2 atom stereocenters. The minimum absolute atomic E-state index is 0.00338. The molecule has 0 unspecified atom stereocenters. The van der Waals surface area contributed by atoms with Crippen LogP contribution in [0.25, 0.3) is 0 Å². The third-order valence-electron chi connectivity index (χ3n) is 5.82. The number of carboxylic acid groups (broad SMARTS) is 1. The molecular weight excluding hydrogens is 577 g/mol. The van der Waals surface area contributed by atoms with Crippen molar-refractivity contribution in [2.24, 2.45) is 11.5 Å². The van der Waals surface area contributed by atoms with Gasteiger partial charge in [-0.3, -0.25) is 25.3 Å². The molecule has 0 saturated carbocycles. The maximum absolute atomic E-state index is 13.0. The van der Waals surface area contributed by atoms with Crippen LogP contribution < -0.4 is 16.8 Å². The summed E-state index contributed by atoms with van der Waals surface area (Å²) in [6, 6.07) is 14.1. The Bertz CT molecular complexity index is 1350. The molecule has 0 radical (unpaired) electrons. The van der Waals surface area contributed by atoms with Crippen LogP contribution in [0.4, 0.5) is 0 Å². The van der Waals surface area contributed by atoms with Crippen LogP contribution in [-0.4, -0.2) is 55.3 Å². The predicted molar refractivity (Wildman–Crippen MR) is 159 cm³/mol. The maximum atomic E-state index is 13.0. The average Bonchev–Trinajstić information content (AvgIpc) is 2.90. The van der Waals surface area contributed by atoms with Crippen LogP contribution in [-0.2, 0) is 32.3 Å². The van der Waals surface area contributed by atoms with Crippen molar-refractivity contribution < 1.29 is 19.5 Å². The van der Waals surface area contributed by atoms with Gasteiger partial charge >= 0.3 is 5.97 Å². The smallest absolute Gasteiger partial charge is 0.353 e. The highest BCUT2D eigenvalue weighted by atomic mass is 32.2. The van der Waals surface area contributed by atoms with Gasteiger partial charge in [0.1, 0.15) is 17.1 Å². The summed E-state index contributed by atoms with van der Waals surface area (Å²) in [4.78, 5) is 40.6. The lowest BCUT2D eigenvalue weighted by atomic mass is 10.0. The molecule has 0 aliphatic carbocycles. The Morgan fingerprint density at radius 3 is 2.33 bits per heavy atom. The lowest BCUT2D eigenvalue weighted by Crippen LogP contribution is -2.70. The Labute approximate surface area is 242 Å². The van der Waals surface area contributed by atoms with Crippen LogP contribution in [0.2, 0.25) is 0 Å². The molecule has 4 rings (SSSR count). The Balaban J connectivity index is 1.41. The summed E-state index contributed by atoms with van der Waals surface area (Å²) in [5, 5.41) is 27.1. The first-order valence-electron chi connectivity index (χ1n) is 11.6. The van der Waals surface area contributed by atoms with E-state index in [-0.39, 0.29) is 28.4 Å². The highest BCUT2D eigenvalue weighted by molar-refractivity contribution is 8.13. The van der Waals surface area contributed by atoms with Crippen molar-refractivity contribution in [2.45, 2.75) is 34.2 Å². The number of nitrogens with two attached hydrogens (primary N) is 2. The van der Waals surface area contributed by atoms with Gasteiger partial charge in [-0.2, -0.15) is 0 Å². The predicted octanol–water partition coefficient (Wildman–Crippen LogP) is 2.97. The number of carboxylic acids is 1. The molecule has 0 bridgehead atoms. The molecule has 14 heteroatoms. The number of thioether (sulfide) groups is 4. The summed E-state index contributed by atoms with van der Waals surface area (Å²) in [6.07, 6.45) is 0.0824. The zero-order chi connectivity index (χ0) is 28.1. The molecule has 204 valence electrons. The summed E-state index contributed by atoms with van der Waals surface area (Å²) < 4.78 is 0. The number of benzene rings is 2. The standard InChI is InChI=1S/C25H26N6O4S4/c26-24(27)37-10-14-7-5-13(6-8-14)9-18(32)30-19-21(33)31-20(23(34)35)17(12-36-22(19)31)39-16-4-2-1-3-15(16)11-38-25(28)29/h1-8,19,22H,9-12H2,(H3,26,27)(H3,28,29)(H,30,32)(H,34,35)/t19-,22-/m1/s1. The van der Waals surface area contributed by atoms with Crippen molar-refractivity contribution >= 4 is 75.2 Å². The second kappa shape index (κ2) is 12.9. The number of amidine groups is 2. The summed E-state index contributed by atoms with van der Waals surface area (Å²) >= 11 is 5.11. The highest BCUT2D eigenvalue weighted by Gasteiger charge is 2.54. The number of nitrogens with one attached hydrogen (secondary N) is 3. The Kier molecular flexibility index (Phi) is 9.53. The number of carbonyl (C=O) groups is 3. The Hall–Kier alpha value is -3.07. The molecule has 1 saturated heterocycles. The normalized spacial score (nSPS) is 18.3. The highest BCUT2D eigenvalue weighted by Crippen LogP contribution is 2.46. The fourth-order valence-corrected chi connectivity index (χ4v) is 7.77. The van der Waals surface area contributed by atoms with Gasteiger partial charge in [0.15, 0.2) is 10.3 Å². The fourth-order valence-electron chi connectivity index (χ4n) is 4.00. The van der Waals surface area contributed by atoms with E-state index in [4.69, 9.17) is 22.3 Å². The molecule has 1 fully saturated rings. The number of β-lactam (4-membered cyclic amide) rings is 1. The van der Waals surface area contributed by atoms with E-state index in [1.165, 1.54) is 51.9 Å². The van der Waals surface area contributed by atoms with Gasteiger partial charge in [-0.05, 0) is 22.8 Å². The molecule has 2 aliphatic heterocycles. The van der Waals surface area contributed by atoms with E-state index in [0.717, 1.165) is 21.6 Å². The Morgan fingerprint density at radius 2 is 1.67 bits per heavy atom. The van der Waals surface area contributed by atoms with Crippen LogP contribution in [0, 0.1) is 10.8 Å². The SMILES string of the molecule is N=C(N)SCc1ccc(CC(=O)N[C@@H]2C(=O)N3C(C(=O)O)=C(Sc4ccccc4CSC(=N)N)CS[C@H]23)cc1. The van der Waals surface area contributed by atoms with Gasteiger partial charge < -0.3 is 21.9 Å². The second-order valence-electron chi connectivity index (χ2n) is 8.54. The first-order chi connectivity index (χ1) is 18.6. The van der Waals surface area contributed by atoms with E-state index >= 15 is 0 Å². The van der Waals surface area contributed by atoms with E-state index in [2.05, 4.69) is 5.32 Å². The van der Waals surface area contributed by atoms with Gasteiger partial charge in [-0.25, -0.2) is 4.79 Å². The monoisotopic (exact) mass is 602 g/mol. The number of hydrogen-bond acceptors (Lipinski definition) is 9. The number of carbonyl (C=O) groups excluding carboxylic acids is 2. The lowest BCUT2D eigenvalue weighted by Gasteiger charge is -2.49. The van der Waals surface area contributed by atoms with Gasteiger partial charge in [0.25, 0.3) is 5.91 Å². The third kappa shape index (κ3) is 7.12. The van der Waals surface area contributed by atoms with Gasteiger partial charge in [-0.1, -0.05) is 77.8 Å². The maximum Gasteiger partial charge on any atom is 0.353 e. The van der Waals surface area contributed by atoms with E-state index < -0.39 is 23.3 Å². The van der Waals surface area contributed by atoms with Crippen molar-refractivity contribution in [1.82, 2.24) is 10.2 Å². The summed E-state index contributed by atoms with van der Waals surface area (Å²) in [7, 11) is 0. The van der Waals surface area contributed by atoms with Gasteiger partial charge in [0, 0.05) is 27.1 Å². The molecule has 8 N–H and O–H groups in total. The molecule has 2 aliphatic rings.